The highest BCUT2D eigenvalue weighted by Crippen LogP contribution is 2.20. The zero-order valence-corrected chi connectivity index (χ0v) is 14.1. The van der Waals surface area contributed by atoms with Gasteiger partial charge in [0.05, 0.1) is 12.2 Å². The Labute approximate surface area is 144 Å². The first-order valence-corrected chi connectivity index (χ1v) is 8.73. The molecule has 0 aliphatic carbocycles. The fraction of sp³-hybridized carbons (Fsp3) is 0.111. The molecule has 0 aliphatic rings. The van der Waals surface area contributed by atoms with Crippen LogP contribution in [-0.4, -0.2) is 15.8 Å². The van der Waals surface area contributed by atoms with Crippen LogP contribution in [0.25, 0.3) is 11.3 Å². The third-order valence-electron chi connectivity index (χ3n) is 3.48. The molecule has 0 saturated heterocycles. The molecular formula is C18H15ClN2OS. The van der Waals surface area contributed by atoms with E-state index < -0.39 is 0 Å². The minimum atomic E-state index is -0.0573. The van der Waals surface area contributed by atoms with Crippen molar-refractivity contribution in [3.05, 3.63) is 81.6 Å². The molecule has 5 heteroatoms. The van der Waals surface area contributed by atoms with Gasteiger partial charge >= 0.3 is 0 Å². The van der Waals surface area contributed by atoms with Crippen LogP contribution in [0.4, 0.5) is 0 Å². The molecule has 23 heavy (non-hydrogen) atoms. The number of thioether (sulfide) groups is 1. The van der Waals surface area contributed by atoms with Crippen molar-refractivity contribution >= 4 is 23.4 Å². The van der Waals surface area contributed by atoms with Gasteiger partial charge in [-0.15, -0.1) is 0 Å². The van der Waals surface area contributed by atoms with Gasteiger partial charge in [0.1, 0.15) is 0 Å². The smallest absolute Gasteiger partial charge is 0.255 e. The first-order valence-electron chi connectivity index (χ1n) is 7.13. The Bertz CT molecular complexity index is 860. The van der Waals surface area contributed by atoms with E-state index in [0.29, 0.717) is 22.4 Å². The number of halogens is 1. The number of aromatic nitrogens is 2. The summed E-state index contributed by atoms with van der Waals surface area (Å²) in [5, 5.41) is 1.38. The maximum Gasteiger partial charge on any atom is 0.255 e. The Kier molecular flexibility index (Phi) is 4.84. The van der Waals surface area contributed by atoms with Gasteiger partial charge < -0.3 is 0 Å². The van der Waals surface area contributed by atoms with Gasteiger partial charge in [-0.05, 0) is 24.0 Å². The van der Waals surface area contributed by atoms with Gasteiger partial charge in [0.25, 0.3) is 5.56 Å². The van der Waals surface area contributed by atoms with E-state index in [1.807, 2.05) is 60.9 Å². The summed E-state index contributed by atoms with van der Waals surface area (Å²) < 4.78 is 1.68. The Morgan fingerprint density at radius 2 is 1.78 bits per heavy atom. The van der Waals surface area contributed by atoms with E-state index in [0.717, 1.165) is 11.1 Å². The number of hydrogen-bond acceptors (Lipinski definition) is 3. The van der Waals surface area contributed by atoms with Gasteiger partial charge in [-0.2, -0.15) is 0 Å². The highest BCUT2D eigenvalue weighted by Gasteiger charge is 2.10. The van der Waals surface area contributed by atoms with E-state index in [-0.39, 0.29) is 5.56 Å². The van der Waals surface area contributed by atoms with Gasteiger partial charge in [0, 0.05) is 16.7 Å². The van der Waals surface area contributed by atoms with Crippen LogP contribution in [0.15, 0.2) is 70.6 Å². The average molecular weight is 343 g/mol. The van der Waals surface area contributed by atoms with Crippen LogP contribution >= 0.6 is 23.4 Å². The monoisotopic (exact) mass is 342 g/mol. The van der Waals surface area contributed by atoms with Crippen molar-refractivity contribution in [3.8, 4) is 11.3 Å². The van der Waals surface area contributed by atoms with Crippen molar-refractivity contribution in [3.63, 3.8) is 0 Å². The molecule has 3 aromatic rings. The molecule has 0 spiro atoms. The van der Waals surface area contributed by atoms with Crippen molar-refractivity contribution in [1.82, 2.24) is 9.55 Å². The lowest BCUT2D eigenvalue weighted by Gasteiger charge is -2.12. The number of nitrogens with zero attached hydrogens (tertiary/aromatic N) is 2. The van der Waals surface area contributed by atoms with E-state index in [4.69, 9.17) is 11.6 Å². The second kappa shape index (κ2) is 7.02. The van der Waals surface area contributed by atoms with Crippen molar-refractivity contribution in [2.45, 2.75) is 11.7 Å². The van der Waals surface area contributed by atoms with Crippen molar-refractivity contribution < 1.29 is 0 Å². The van der Waals surface area contributed by atoms with Crippen molar-refractivity contribution in [2.75, 3.05) is 6.26 Å². The van der Waals surface area contributed by atoms with Crippen molar-refractivity contribution in [2.24, 2.45) is 0 Å². The van der Waals surface area contributed by atoms with Crippen LogP contribution in [0, 0.1) is 0 Å². The maximum absolute atomic E-state index is 12.5. The Morgan fingerprint density at radius 3 is 2.43 bits per heavy atom. The van der Waals surface area contributed by atoms with E-state index in [1.165, 1.54) is 11.8 Å². The predicted molar refractivity (Wildman–Crippen MR) is 96.3 cm³/mol. The lowest BCUT2D eigenvalue weighted by molar-refractivity contribution is 0.648. The lowest BCUT2D eigenvalue weighted by atomic mass is 10.1. The topological polar surface area (TPSA) is 34.9 Å². The Hall–Kier alpha value is -2.04. The first kappa shape index (κ1) is 15.8. The minimum Gasteiger partial charge on any atom is -0.283 e. The van der Waals surface area contributed by atoms with E-state index in [1.54, 1.807) is 10.6 Å². The summed E-state index contributed by atoms with van der Waals surface area (Å²) in [6.07, 6.45) is 1.93. The predicted octanol–water partition coefficient (Wildman–Crippen LogP) is 4.33. The van der Waals surface area contributed by atoms with Crippen LogP contribution in [0.2, 0.25) is 5.02 Å². The molecule has 3 nitrogen and oxygen atoms in total. The van der Waals surface area contributed by atoms with Crippen LogP contribution in [-0.2, 0) is 6.54 Å². The van der Waals surface area contributed by atoms with Crippen LogP contribution in [0.1, 0.15) is 5.56 Å². The normalized spacial score (nSPS) is 10.7. The molecule has 1 aromatic heterocycles. The first-order chi connectivity index (χ1) is 11.2. The van der Waals surface area contributed by atoms with Gasteiger partial charge in [-0.3, -0.25) is 9.36 Å². The molecular weight excluding hydrogens is 328 g/mol. The summed E-state index contributed by atoms with van der Waals surface area (Å²) in [5.41, 5.74) is 2.60. The third-order valence-corrected chi connectivity index (χ3v) is 4.41. The molecule has 0 fully saturated rings. The number of hydrogen-bond donors (Lipinski definition) is 0. The van der Waals surface area contributed by atoms with Crippen LogP contribution in [0.3, 0.4) is 0 Å². The molecule has 0 atom stereocenters. The summed E-state index contributed by atoms with van der Waals surface area (Å²) in [7, 11) is 0. The Morgan fingerprint density at radius 1 is 1.09 bits per heavy atom. The molecule has 0 bridgehead atoms. The zero-order chi connectivity index (χ0) is 16.2. The van der Waals surface area contributed by atoms with Crippen LogP contribution in [0.5, 0.6) is 0 Å². The van der Waals surface area contributed by atoms with E-state index >= 15 is 0 Å². The van der Waals surface area contributed by atoms with Crippen LogP contribution < -0.4 is 5.56 Å². The summed E-state index contributed by atoms with van der Waals surface area (Å²) in [5.74, 6) is 0. The standard InChI is InChI=1S/C18H15ClN2OS/c1-23-18-20-16(14-5-3-2-4-6-14)11-17(22)21(18)12-13-7-9-15(19)10-8-13/h2-11H,12H2,1H3. The average Bonchev–Trinajstić information content (AvgIpc) is 2.59. The highest BCUT2D eigenvalue weighted by atomic mass is 35.5. The fourth-order valence-electron chi connectivity index (χ4n) is 2.32. The van der Waals surface area contributed by atoms with Crippen molar-refractivity contribution in [1.29, 1.82) is 0 Å². The molecule has 2 aromatic carbocycles. The molecule has 0 unspecified atom stereocenters. The summed E-state index contributed by atoms with van der Waals surface area (Å²) >= 11 is 7.37. The number of rotatable bonds is 4. The van der Waals surface area contributed by atoms with E-state index in [2.05, 4.69) is 4.98 Å². The van der Waals surface area contributed by atoms with E-state index in [9.17, 15) is 4.79 Å². The van der Waals surface area contributed by atoms with Gasteiger partial charge in [-0.1, -0.05) is 65.8 Å². The molecule has 1 heterocycles. The lowest BCUT2D eigenvalue weighted by Crippen LogP contribution is -2.23. The summed E-state index contributed by atoms with van der Waals surface area (Å²) in [6, 6.07) is 18.8. The molecule has 116 valence electrons. The molecule has 3 rings (SSSR count). The molecule has 0 N–H and O–H groups in total. The molecule has 0 amide bonds. The largest absolute Gasteiger partial charge is 0.283 e. The molecule has 0 aliphatic heterocycles. The van der Waals surface area contributed by atoms with Gasteiger partial charge in [0.2, 0.25) is 0 Å². The fourth-order valence-corrected chi connectivity index (χ4v) is 3.01. The second-order valence-corrected chi connectivity index (χ2v) is 6.25. The SMILES string of the molecule is CSc1nc(-c2ccccc2)cc(=O)n1Cc1ccc(Cl)cc1. The van der Waals surface area contributed by atoms with Gasteiger partial charge in [-0.25, -0.2) is 4.98 Å². The Balaban J connectivity index is 2.01. The third kappa shape index (κ3) is 3.66. The minimum absolute atomic E-state index is 0.0573. The summed E-state index contributed by atoms with van der Waals surface area (Å²) in [6.45, 7) is 0.480. The molecule has 0 saturated carbocycles. The maximum atomic E-state index is 12.5. The second-order valence-electron chi connectivity index (χ2n) is 5.04. The summed E-state index contributed by atoms with van der Waals surface area (Å²) in [4.78, 5) is 17.2. The van der Waals surface area contributed by atoms with Gasteiger partial charge in [0.15, 0.2) is 5.16 Å². The quantitative estimate of drug-likeness (QED) is 0.522. The zero-order valence-electron chi connectivity index (χ0n) is 12.6. The highest BCUT2D eigenvalue weighted by molar-refractivity contribution is 7.98. The molecule has 0 radical (unpaired) electrons. The number of benzene rings is 2.